The number of nitrogens with zero attached hydrogens (tertiary/aromatic N) is 1. The van der Waals surface area contributed by atoms with E-state index in [1.807, 2.05) is 32.0 Å². The number of rotatable bonds is 4. The quantitative estimate of drug-likeness (QED) is 0.922. The Kier molecular flexibility index (Phi) is 4.55. The first kappa shape index (κ1) is 17.2. The van der Waals surface area contributed by atoms with E-state index in [1.165, 1.54) is 11.3 Å². The Labute approximate surface area is 145 Å². The summed E-state index contributed by atoms with van der Waals surface area (Å²) < 4.78 is 11.8. The fourth-order valence-corrected chi connectivity index (χ4v) is 4.52. The molecule has 1 aliphatic heterocycles. The lowest BCUT2D eigenvalue weighted by molar-refractivity contribution is 0.0475. The van der Waals surface area contributed by atoms with E-state index in [0.29, 0.717) is 13.0 Å². The Balaban J connectivity index is 2.00. The number of likely N-dealkylation sites (tertiary alicyclic amines) is 1. The zero-order chi connectivity index (χ0) is 17.5. The Morgan fingerprint density at radius 3 is 2.83 bits per heavy atom. The van der Waals surface area contributed by atoms with Gasteiger partial charge in [-0.2, -0.15) is 0 Å². The van der Waals surface area contributed by atoms with E-state index in [2.05, 4.69) is 0 Å². The first-order valence-electron chi connectivity index (χ1n) is 7.96. The van der Waals surface area contributed by atoms with Gasteiger partial charge in [-0.3, -0.25) is 4.79 Å². The van der Waals surface area contributed by atoms with Gasteiger partial charge in [-0.15, -0.1) is 11.3 Å². The molecule has 1 aromatic carbocycles. The largest absolute Gasteiger partial charge is 0.497 e. The van der Waals surface area contributed by atoms with E-state index in [9.17, 15) is 9.90 Å². The van der Waals surface area contributed by atoms with E-state index in [4.69, 9.17) is 9.47 Å². The van der Waals surface area contributed by atoms with Crippen LogP contribution in [0.3, 0.4) is 0 Å². The summed E-state index contributed by atoms with van der Waals surface area (Å²) in [5.74, 6) is 0.743. The number of amides is 1. The summed E-state index contributed by atoms with van der Waals surface area (Å²) in [5, 5.41) is 10.9. The molecule has 130 valence electrons. The Hall–Kier alpha value is -1.63. The summed E-state index contributed by atoms with van der Waals surface area (Å²) in [6.07, 6.45) is 0.602. The van der Waals surface area contributed by atoms with Crippen LogP contribution in [-0.4, -0.2) is 54.9 Å². The van der Waals surface area contributed by atoms with E-state index in [1.54, 1.807) is 19.1 Å². The number of hydrogen-bond acceptors (Lipinski definition) is 5. The molecule has 2 unspecified atom stereocenters. The van der Waals surface area contributed by atoms with Crippen LogP contribution in [0.5, 0.6) is 5.75 Å². The third-order valence-corrected chi connectivity index (χ3v) is 6.22. The van der Waals surface area contributed by atoms with Crippen LogP contribution in [0.2, 0.25) is 0 Å². The molecule has 0 spiro atoms. The lowest BCUT2D eigenvalue weighted by Crippen LogP contribution is -2.47. The van der Waals surface area contributed by atoms with Gasteiger partial charge in [0.1, 0.15) is 5.75 Å². The minimum Gasteiger partial charge on any atom is -0.497 e. The highest BCUT2D eigenvalue weighted by atomic mass is 32.1. The highest BCUT2D eigenvalue weighted by molar-refractivity contribution is 7.21. The normalized spacial score (nSPS) is 23.9. The van der Waals surface area contributed by atoms with Gasteiger partial charge in [-0.05, 0) is 43.0 Å². The molecule has 6 heteroatoms. The number of methoxy groups -OCH3 is 2. The van der Waals surface area contributed by atoms with Crippen molar-refractivity contribution in [3.05, 3.63) is 28.6 Å². The summed E-state index contributed by atoms with van der Waals surface area (Å²) in [5.41, 5.74) is 0.373. The fourth-order valence-electron chi connectivity index (χ4n) is 3.38. The number of carbonyl (C=O) groups is 1. The number of aryl methyl sites for hydroxylation is 1. The van der Waals surface area contributed by atoms with Gasteiger partial charge in [-0.25, -0.2) is 0 Å². The average molecular weight is 349 g/mol. The first-order valence-corrected chi connectivity index (χ1v) is 8.78. The summed E-state index contributed by atoms with van der Waals surface area (Å²) in [4.78, 5) is 15.6. The van der Waals surface area contributed by atoms with Gasteiger partial charge in [-0.1, -0.05) is 0 Å². The topological polar surface area (TPSA) is 59.0 Å². The zero-order valence-corrected chi connectivity index (χ0v) is 15.3. The molecular weight excluding hydrogens is 326 g/mol. The maximum atomic E-state index is 13.2. The maximum absolute atomic E-state index is 13.2. The predicted molar refractivity (Wildman–Crippen MR) is 95.1 cm³/mol. The Bertz CT molecular complexity index is 772. The molecule has 1 aromatic heterocycles. The second-order valence-electron chi connectivity index (χ2n) is 6.55. The van der Waals surface area contributed by atoms with E-state index in [0.717, 1.165) is 26.3 Å². The molecule has 1 fully saturated rings. The van der Waals surface area contributed by atoms with Crippen LogP contribution in [0.25, 0.3) is 10.1 Å². The molecule has 0 saturated carbocycles. The minimum absolute atomic E-state index is 0.0382. The second-order valence-corrected chi connectivity index (χ2v) is 7.60. The predicted octanol–water partition coefficient (Wildman–Crippen LogP) is 2.83. The lowest BCUT2D eigenvalue weighted by atomic mass is 9.99. The summed E-state index contributed by atoms with van der Waals surface area (Å²) in [6, 6.07) is 5.85. The highest BCUT2D eigenvalue weighted by Gasteiger charge is 2.45. The van der Waals surface area contributed by atoms with Crippen molar-refractivity contribution in [1.82, 2.24) is 4.90 Å². The smallest absolute Gasteiger partial charge is 0.264 e. The maximum Gasteiger partial charge on any atom is 0.264 e. The third-order valence-electron chi connectivity index (χ3n) is 4.96. The van der Waals surface area contributed by atoms with Crippen LogP contribution in [0.4, 0.5) is 0 Å². The monoisotopic (exact) mass is 349 g/mol. The Morgan fingerprint density at radius 2 is 2.21 bits per heavy atom. The zero-order valence-electron chi connectivity index (χ0n) is 14.5. The molecule has 3 rings (SSSR count). The van der Waals surface area contributed by atoms with Crippen molar-refractivity contribution in [2.24, 2.45) is 0 Å². The Morgan fingerprint density at radius 1 is 1.46 bits per heavy atom. The molecule has 2 atom stereocenters. The molecule has 1 aliphatic rings. The second kappa shape index (κ2) is 6.35. The van der Waals surface area contributed by atoms with Gasteiger partial charge >= 0.3 is 0 Å². The number of carbonyl (C=O) groups excluding carboxylic acids is 1. The number of aliphatic hydroxyl groups is 1. The van der Waals surface area contributed by atoms with Crippen molar-refractivity contribution in [2.45, 2.75) is 31.9 Å². The van der Waals surface area contributed by atoms with Crippen LogP contribution in [0.15, 0.2) is 18.2 Å². The van der Waals surface area contributed by atoms with Crippen molar-refractivity contribution >= 4 is 27.3 Å². The lowest BCUT2D eigenvalue weighted by Gasteiger charge is -2.33. The van der Waals surface area contributed by atoms with Crippen molar-refractivity contribution in [3.63, 3.8) is 0 Å². The highest BCUT2D eigenvalue weighted by Crippen LogP contribution is 2.37. The van der Waals surface area contributed by atoms with Gasteiger partial charge < -0.3 is 19.5 Å². The molecule has 2 heterocycles. The van der Waals surface area contributed by atoms with Crippen LogP contribution >= 0.6 is 11.3 Å². The number of thiophene rings is 1. The minimum atomic E-state index is -0.585. The van der Waals surface area contributed by atoms with Crippen LogP contribution in [0.1, 0.15) is 28.6 Å². The first-order chi connectivity index (χ1) is 11.4. The molecule has 1 amide bonds. The number of hydrogen-bond donors (Lipinski definition) is 1. The van der Waals surface area contributed by atoms with Crippen molar-refractivity contribution in [1.29, 1.82) is 0 Å². The van der Waals surface area contributed by atoms with Crippen LogP contribution < -0.4 is 4.74 Å². The fraction of sp³-hybridized carbons (Fsp3) is 0.500. The summed E-state index contributed by atoms with van der Waals surface area (Å²) in [7, 11) is 3.28. The van der Waals surface area contributed by atoms with E-state index < -0.39 is 5.54 Å². The van der Waals surface area contributed by atoms with Crippen molar-refractivity contribution < 1.29 is 19.4 Å². The van der Waals surface area contributed by atoms with Crippen molar-refractivity contribution in [3.8, 4) is 5.75 Å². The van der Waals surface area contributed by atoms with Gasteiger partial charge in [0.15, 0.2) is 0 Å². The summed E-state index contributed by atoms with van der Waals surface area (Å²) >= 11 is 1.49. The standard InChI is InChI=1S/C18H23NO4S/c1-11-14-7-12(22-3)5-6-15(14)24-16(11)17(21)19-9-13(23-4)8-18(19,2)10-20/h5-7,13,20H,8-10H2,1-4H3. The SMILES string of the molecule is COc1ccc2sc(C(=O)N3CC(OC)CC3(C)CO)c(C)c2c1. The van der Waals surface area contributed by atoms with Crippen molar-refractivity contribution in [2.75, 3.05) is 27.4 Å². The molecule has 5 nitrogen and oxygen atoms in total. The number of aliphatic hydroxyl groups excluding tert-OH is 1. The molecular formula is C18H23NO4S. The molecule has 0 bridgehead atoms. The molecule has 1 saturated heterocycles. The van der Waals surface area contributed by atoms with E-state index >= 15 is 0 Å². The average Bonchev–Trinajstić information content (AvgIpc) is 3.12. The molecule has 0 radical (unpaired) electrons. The third kappa shape index (κ3) is 2.68. The van der Waals surface area contributed by atoms with Crippen LogP contribution in [-0.2, 0) is 4.74 Å². The molecule has 2 aromatic rings. The molecule has 0 aliphatic carbocycles. The molecule has 1 N–H and O–H groups in total. The van der Waals surface area contributed by atoms with Crippen LogP contribution in [0, 0.1) is 6.92 Å². The van der Waals surface area contributed by atoms with Gasteiger partial charge in [0.2, 0.25) is 0 Å². The van der Waals surface area contributed by atoms with Gasteiger partial charge in [0.25, 0.3) is 5.91 Å². The van der Waals surface area contributed by atoms with E-state index in [-0.39, 0.29) is 18.6 Å². The number of fused-ring (bicyclic) bond motifs is 1. The summed E-state index contributed by atoms with van der Waals surface area (Å²) in [6.45, 7) is 4.31. The number of ether oxygens (including phenoxy) is 2. The molecule has 24 heavy (non-hydrogen) atoms. The van der Waals surface area contributed by atoms with Gasteiger partial charge in [0, 0.05) is 24.8 Å². The number of benzene rings is 1. The van der Waals surface area contributed by atoms with Gasteiger partial charge in [0.05, 0.1) is 30.2 Å².